The lowest BCUT2D eigenvalue weighted by atomic mass is 10.2. The SMILES string of the molecule is COCCn1c(=NC(=O)c2ccccc2[N+](=O)[O-])sc2cc(Cl)ccc21. The molecule has 0 bridgehead atoms. The van der Waals surface area contributed by atoms with Crippen LogP contribution in [-0.4, -0.2) is 29.1 Å². The third-order valence-electron chi connectivity index (χ3n) is 3.69. The number of halogens is 1. The topological polar surface area (TPSA) is 86.7 Å². The zero-order chi connectivity index (χ0) is 18.7. The predicted octanol–water partition coefficient (Wildman–Crippen LogP) is 3.65. The average Bonchev–Trinajstić information content (AvgIpc) is 2.95. The third kappa shape index (κ3) is 3.67. The predicted molar refractivity (Wildman–Crippen MR) is 99.7 cm³/mol. The number of carbonyl (C=O) groups excluding carboxylic acids is 1. The Bertz CT molecular complexity index is 1060. The monoisotopic (exact) mass is 391 g/mol. The fraction of sp³-hybridized carbons (Fsp3) is 0.176. The van der Waals surface area contributed by atoms with E-state index in [1.54, 1.807) is 25.3 Å². The summed E-state index contributed by atoms with van der Waals surface area (Å²) in [7, 11) is 1.58. The number of nitrogens with zero attached hydrogens (tertiary/aromatic N) is 3. The molecule has 1 amide bonds. The van der Waals surface area contributed by atoms with E-state index in [4.69, 9.17) is 16.3 Å². The van der Waals surface area contributed by atoms with Crippen molar-refractivity contribution in [2.75, 3.05) is 13.7 Å². The largest absolute Gasteiger partial charge is 0.383 e. The van der Waals surface area contributed by atoms with Crippen LogP contribution in [0.4, 0.5) is 5.69 Å². The Morgan fingerprint density at radius 1 is 1.35 bits per heavy atom. The maximum Gasteiger partial charge on any atom is 0.286 e. The van der Waals surface area contributed by atoms with E-state index in [1.807, 2.05) is 10.6 Å². The molecule has 0 radical (unpaired) electrons. The summed E-state index contributed by atoms with van der Waals surface area (Å²) < 4.78 is 7.83. The fourth-order valence-corrected chi connectivity index (χ4v) is 3.82. The van der Waals surface area contributed by atoms with Crippen LogP contribution < -0.4 is 4.80 Å². The molecule has 26 heavy (non-hydrogen) atoms. The molecule has 0 N–H and O–H groups in total. The Morgan fingerprint density at radius 3 is 2.85 bits per heavy atom. The zero-order valence-corrected chi connectivity index (χ0v) is 15.3. The van der Waals surface area contributed by atoms with E-state index in [9.17, 15) is 14.9 Å². The summed E-state index contributed by atoms with van der Waals surface area (Å²) in [5.41, 5.74) is 0.547. The highest BCUT2D eigenvalue weighted by Gasteiger charge is 2.19. The standard InChI is InChI=1S/C17H14ClN3O4S/c1-25-9-8-20-14-7-6-11(18)10-15(14)26-17(20)19-16(22)12-4-2-3-5-13(12)21(23)24/h2-7,10H,8-9H2,1H3. The molecule has 0 aliphatic rings. The van der Waals surface area contributed by atoms with E-state index in [0.717, 1.165) is 10.2 Å². The number of para-hydroxylation sites is 1. The Morgan fingerprint density at radius 2 is 2.12 bits per heavy atom. The average molecular weight is 392 g/mol. The van der Waals surface area contributed by atoms with Gasteiger partial charge in [-0.15, -0.1) is 0 Å². The van der Waals surface area contributed by atoms with Crippen molar-refractivity contribution < 1.29 is 14.5 Å². The fourth-order valence-electron chi connectivity index (χ4n) is 2.49. The minimum Gasteiger partial charge on any atom is -0.383 e. The number of hydrogen-bond donors (Lipinski definition) is 0. The van der Waals surface area contributed by atoms with E-state index in [2.05, 4.69) is 4.99 Å². The van der Waals surface area contributed by atoms with Crippen LogP contribution in [0.5, 0.6) is 0 Å². The molecule has 1 aromatic heterocycles. The normalized spacial score (nSPS) is 11.8. The molecule has 0 saturated heterocycles. The van der Waals surface area contributed by atoms with Gasteiger partial charge in [-0.2, -0.15) is 4.99 Å². The van der Waals surface area contributed by atoms with Gasteiger partial charge in [0, 0.05) is 24.7 Å². The molecule has 7 nitrogen and oxygen atoms in total. The summed E-state index contributed by atoms with van der Waals surface area (Å²) in [5, 5.41) is 11.7. The summed E-state index contributed by atoms with van der Waals surface area (Å²) in [6.45, 7) is 0.919. The lowest BCUT2D eigenvalue weighted by Gasteiger charge is -2.04. The molecule has 9 heteroatoms. The number of fused-ring (bicyclic) bond motifs is 1. The summed E-state index contributed by atoms with van der Waals surface area (Å²) in [6, 6.07) is 11.2. The summed E-state index contributed by atoms with van der Waals surface area (Å²) in [6.07, 6.45) is 0. The van der Waals surface area contributed by atoms with Gasteiger partial charge in [0.25, 0.3) is 11.6 Å². The first-order valence-corrected chi connectivity index (χ1v) is 8.81. The number of rotatable bonds is 5. The summed E-state index contributed by atoms with van der Waals surface area (Å²) in [4.78, 5) is 27.7. The first-order chi connectivity index (χ1) is 12.5. The maximum absolute atomic E-state index is 12.6. The van der Waals surface area contributed by atoms with Gasteiger partial charge < -0.3 is 9.30 Å². The van der Waals surface area contributed by atoms with Crippen molar-refractivity contribution in [3.63, 3.8) is 0 Å². The number of nitro groups is 1. The molecule has 134 valence electrons. The highest BCUT2D eigenvalue weighted by Crippen LogP contribution is 2.23. The smallest absolute Gasteiger partial charge is 0.286 e. The molecule has 0 aliphatic heterocycles. The Labute approximate surface area is 157 Å². The van der Waals surface area contributed by atoms with Gasteiger partial charge in [-0.05, 0) is 24.3 Å². The first kappa shape index (κ1) is 18.2. The van der Waals surface area contributed by atoms with Crippen molar-refractivity contribution in [2.24, 2.45) is 4.99 Å². The first-order valence-electron chi connectivity index (χ1n) is 7.61. The van der Waals surface area contributed by atoms with Crippen molar-refractivity contribution in [2.45, 2.75) is 6.54 Å². The quantitative estimate of drug-likeness (QED) is 0.490. The minimum atomic E-state index is -0.666. The summed E-state index contributed by atoms with van der Waals surface area (Å²) >= 11 is 7.33. The van der Waals surface area contributed by atoms with Gasteiger partial charge in [-0.3, -0.25) is 14.9 Å². The third-order valence-corrected chi connectivity index (χ3v) is 4.97. The molecule has 0 fully saturated rings. The highest BCUT2D eigenvalue weighted by molar-refractivity contribution is 7.16. The molecular weight excluding hydrogens is 378 g/mol. The van der Waals surface area contributed by atoms with Crippen LogP contribution in [0.15, 0.2) is 47.5 Å². The van der Waals surface area contributed by atoms with Crippen LogP contribution in [0.2, 0.25) is 5.02 Å². The van der Waals surface area contributed by atoms with E-state index in [-0.39, 0.29) is 11.3 Å². The van der Waals surface area contributed by atoms with Crippen LogP contribution in [0.1, 0.15) is 10.4 Å². The molecule has 3 aromatic rings. The van der Waals surface area contributed by atoms with Crippen LogP contribution in [0.25, 0.3) is 10.2 Å². The number of carbonyl (C=O) groups is 1. The number of ether oxygens (including phenoxy) is 1. The van der Waals surface area contributed by atoms with Gasteiger partial charge in [-0.1, -0.05) is 35.1 Å². The number of aromatic nitrogens is 1. The lowest BCUT2D eigenvalue weighted by molar-refractivity contribution is -0.385. The van der Waals surface area contributed by atoms with Crippen molar-refractivity contribution in [1.29, 1.82) is 0 Å². The molecule has 3 rings (SSSR count). The van der Waals surface area contributed by atoms with Crippen molar-refractivity contribution >= 4 is 44.7 Å². The Hall–Kier alpha value is -2.55. The lowest BCUT2D eigenvalue weighted by Crippen LogP contribution is -2.19. The number of benzene rings is 2. The van der Waals surface area contributed by atoms with Crippen LogP contribution >= 0.6 is 22.9 Å². The molecule has 2 aromatic carbocycles. The molecule has 0 aliphatic carbocycles. The molecular formula is C17H14ClN3O4S. The minimum absolute atomic E-state index is 0.0497. The highest BCUT2D eigenvalue weighted by atomic mass is 35.5. The number of thiazole rings is 1. The molecule has 0 spiro atoms. The zero-order valence-electron chi connectivity index (χ0n) is 13.7. The van der Waals surface area contributed by atoms with Crippen LogP contribution in [-0.2, 0) is 11.3 Å². The maximum atomic E-state index is 12.6. The second-order valence-electron chi connectivity index (χ2n) is 5.33. The van der Waals surface area contributed by atoms with Gasteiger partial charge >= 0.3 is 0 Å². The molecule has 0 atom stereocenters. The van der Waals surface area contributed by atoms with E-state index < -0.39 is 10.8 Å². The van der Waals surface area contributed by atoms with Gasteiger partial charge in [-0.25, -0.2) is 0 Å². The second kappa shape index (κ2) is 7.77. The number of nitro benzene ring substituents is 1. The van der Waals surface area contributed by atoms with E-state index in [0.29, 0.717) is 23.0 Å². The molecule has 1 heterocycles. The number of amides is 1. The van der Waals surface area contributed by atoms with Crippen molar-refractivity contribution in [1.82, 2.24) is 4.57 Å². The number of hydrogen-bond acceptors (Lipinski definition) is 5. The Kier molecular flexibility index (Phi) is 5.46. The van der Waals surface area contributed by atoms with Gasteiger partial charge in [0.15, 0.2) is 4.80 Å². The van der Waals surface area contributed by atoms with Crippen molar-refractivity contribution in [3.8, 4) is 0 Å². The van der Waals surface area contributed by atoms with E-state index >= 15 is 0 Å². The number of methoxy groups -OCH3 is 1. The van der Waals surface area contributed by atoms with Gasteiger partial charge in [0.2, 0.25) is 0 Å². The summed E-state index contributed by atoms with van der Waals surface area (Å²) in [5.74, 6) is -0.666. The van der Waals surface area contributed by atoms with Gasteiger partial charge in [0.1, 0.15) is 5.56 Å². The van der Waals surface area contributed by atoms with Crippen LogP contribution in [0.3, 0.4) is 0 Å². The van der Waals surface area contributed by atoms with Gasteiger partial charge in [0.05, 0.1) is 21.7 Å². The second-order valence-corrected chi connectivity index (χ2v) is 6.78. The van der Waals surface area contributed by atoms with Crippen LogP contribution in [0, 0.1) is 10.1 Å². The van der Waals surface area contributed by atoms with Crippen molar-refractivity contribution in [3.05, 3.63) is 68.0 Å². The molecule has 0 unspecified atom stereocenters. The Balaban J connectivity index is 2.14. The van der Waals surface area contributed by atoms with E-state index in [1.165, 1.54) is 29.5 Å². The molecule has 0 saturated carbocycles.